The molecule has 1 heterocycles. The molecule has 0 aromatic rings. The molecule has 1 saturated heterocycles. The maximum absolute atomic E-state index is 2.62. The van der Waals surface area contributed by atoms with Crippen molar-refractivity contribution in [2.24, 2.45) is 0 Å². The van der Waals surface area contributed by atoms with Gasteiger partial charge >= 0.3 is 0 Å². The number of nitrogens with zero attached hydrogens (tertiary/aromatic N) is 1. The summed E-state index contributed by atoms with van der Waals surface area (Å²) >= 11 is 0. The van der Waals surface area contributed by atoms with Crippen LogP contribution in [0, 0.1) is 0 Å². The quantitative estimate of drug-likeness (QED) is 0.590. The summed E-state index contributed by atoms with van der Waals surface area (Å²) in [4.78, 5) is 2.62. The average molecular weight is 171 g/mol. The molecule has 0 unspecified atom stereocenters. The van der Waals surface area contributed by atoms with E-state index in [9.17, 15) is 0 Å². The van der Waals surface area contributed by atoms with Crippen molar-refractivity contribution in [2.75, 3.05) is 19.6 Å². The van der Waals surface area contributed by atoms with E-state index in [0.717, 1.165) is 0 Å². The Balaban J connectivity index is 2.11. The van der Waals surface area contributed by atoms with Crippen LogP contribution in [-0.4, -0.2) is 32.6 Å². The lowest BCUT2D eigenvalue weighted by atomic mass is 10.4. The van der Waals surface area contributed by atoms with Gasteiger partial charge in [0.2, 0.25) is 0 Å². The largest absolute Gasteiger partial charge is 0.304 e. The Kier molecular flexibility index (Phi) is 3.13. The summed E-state index contributed by atoms with van der Waals surface area (Å²) < 4.78 is 0. The molecule has 0 bridgehead atoms. The summed E-state index contributed by atoms with van der Waals surface area (Å²) in [5.41, 5.74) is 0. The number of hydrogen-bond acceptors (Lipinski definition) is 1. The summed E-state index contributed by atoms with van der Waals surface area (Å²) in [5.74, 6) is 0. The van der Waals surface area contributed by atoms with Gasteiger partial charge in [-0.15, -0.1) is 0 Å². The number of hydrogen-bond donors (Lipinski definition) is 0. The minimum absolute atomic E-state index is 0.766. The predicted octanol–water partition coefficient (Wildman–Crippen LogP) is 2.42. The van der Waals surface area contributed by atoms with E-state index in [2.05, 4.69) is 24.5 Å². The van der Waals surface area contributed by atoms with E-state index in [0.29, 0.717) is 0 Å². The molecule has 0 N–H and O–H groups in total. The molecule has 1 nitrogen and oxygen atoms in total. The van der Waals surface area contributed by atoms with Gasteiger partial charge in [0.05, 0.1) is 0 Å². The van der Waals surface area contributed by atoms with Crippen molar-refractivity contribution in [1.82, 2.24) is 4.90 Å². The van der Waals surface area contributed by atoms with Gasteiger partial charge in [0.1, 0.15) is 0 Å². The molecule has 1 rings (SSSR count). The van der Waals surface area contributed by atoms with Crippen molar-refractivity contribution in [1.29, 1.82) is 0 Å². The van der Waals surface area contributed by atoms with Crippen LogP contribution in [-0.2, 0) is 0 Å². The van der Waals surface area contributed by atoms with Gasteiger partial charge in [-0.25, -0.2) is 0 Å². The summed E-state index contributed by atoms with van der Waals surface area (Å²) in [6.07, 6.45) is 2.87. The SMILES string of the molecule is C[Si](C)(C)CCN1CCCC1. The van der Waals surface area contributed by atoms with E-state index in [4.69, 9.17) is 0 Å². The highest BCUT2D eigenvalue weighted by Gasteiger charge is 2.17. The summed E-state index contributed by atoms with van der Waals surface area (Å²) in [7, 11) is -0.766. The van der Waals surface area contributed by atoms with Crippen LogP contribution in [0.5, 0.6) is 0 Å². The second-order valence-electron chi connectivity index (χ2n) is 4.86. The molecule has 1 fully saturated rings. The van der Waals surface area contributed by atoms with Gasteiger partial charge in [0, 0.05) is 8.07 Å². The number of likely N-dealkylation sites (tertiary alicyclic amines) is 1. The minimum Gasteiger partial charge on any atom is -0.304 e. The van der Waals surface area contributed by atoms with Gasteiger partial charge in [-0.3, -0.25) is 0 Å². The van der Waals surface area contributed by atoms with Crippen LogP contribution < -0.4 is 0 Å². The van der Waals surface area contributed by atoms with Crippen LogP contribution in [0.3, 0.4) is 0 Å². The van der Waals surface area contributed by atoms with E-state index in [-0.39, 0.29) is 0 Å². The normalized spacial score (nSPS) is 21.0. The first-order chi connectivity index (χ1) is 5.08. The van der Waals surface area contributed by atoms with Crippen LogP contribution in [0.25, 0.3) is 0 Å². The van der Waals surface area contributed by atoms with Crippen molar-refractivity contribution in [3.63, 3.8) is 0 Å². The molecular formula is C9H21NSi. The monoisotopic (exact) mass is 171 g/mol. The van der Waals surface area contributed by atoms with Crippen LogP contribution in [0.2, 0.25) is 25.7 Å². The highest BCUT2D eigenvalue weighted by atomic mass is 28.3. The maximum atomic E-state index is 2.62. The van der Waals surface area contributed by atoms with Gasteiger partial charge in [-0.05, 0) is 38.5 Å². The third kappa shape index (κ3) is 3.92. The van der Waals surface area contributed by atoms with Gasteiger partial charge < -0.3 is 4.90 Å². The first kappa shape index (κ1) is 9.27. The fraction of sp³-hybridized carbons (Fsp3) is 1.00. The second kappa shape index (κ2) is 3.72. The van der Waals surface area contributed by atoms with E-state index < -0.39 is 8.07 Å². The van der Waals surface area contributed by atoms with E-state index in [1.807, 2.05) is 0 Å². The Bertz CT molecular complexity index is 111. The van der Waals surface area contributed by atoms with Crippen molar-refractivity contribution in [2.45, 2.75) is 38.5 Å². The van der Waals surface area contributed by atoms with Crippen molar-refractivity contribution in [3.05, 3.63) is 0 Å². The zero-order valence-electron chi connectivity index (χ0n) is 8.19. The Morgan fingerprint density at radius 3 is 2.09 bits per heavy atom. The van der Waals surface area contributed by atoms with Crippen molar-refractivity contribution < 1.29 is 0 Å². The zero-order valence-corrected chi connectivity index (χ0v) is 9.19. The minimum atomic E-state index is -0.766. The van der Waals surface area contributed by atoms with Gasteiger partial charge in [0.15, 0.2) is 0 Å². The van der Waals surface area contributed by atoms with Crippen LogP contribution in [0.4, 0.5) is 0 Å². The van der Waals surface area contributed by atoms with Gasteiger partial charge in [0.25, 0.3) is 0 Å². The Morgan fingerprint density at radius 1 is 1.09 bits per heavy atom. The Labute approximate surface area is 71.8 Å². The first-order valence-electron chi connectivity index (χ1n) is 4.80. The topological polar surface area (TPSA) is 3.24 Å². The average Bonchev–Trinajstić information content (AvgIpc) is 2.32. The standard InChI is InChI=1S/C9H21NSi/c1-11(2,3)9-8-10-6-4-5-7-10/h4-9H2,1-3H3. The van der Waals surface area contributed by atoms with Gasteiger partial charge in [-0.1, -0.05) is 19.6 Å². The molecule has 0 aromatic carbocycles. The molecule has 0 saturated carbocycles. The lowest BCUT2D eigenvalue weighted by molar-refractivity contribution is 0.357. The molecule has 1 aliphatic rings. The fourth-order valence-electron chi connectivity index (χ4n) is 1.50. The molecule has 0 radical (unpaired) electrons. The first-order valence-corrected chi connectivity index (χ1v) is 8.51. The molecular weight excluding hydrogens is 150 g/mol. The van der Waals surface area contributed by atoms with E-state index in [1.165, 1.54) is 38.5 Å². The molecule has 66 valence electrons. The summed E-state index contributed by atoms with van der Waals surface area (Å²) in [5, 5.41) is 0. The predicted molar refractivity (Wildman–Crippen MR) is 53.8 cm³/mol. The Hall–Kier alpha value is 0.177. The molecule has 0 amide bonds. The third-order valence-electron chi connectivity index (χ3n) is 2.38. The van der Waals surface area contributed by atoms with Crippen molar-refractivity contribution in [3.8, 4) is 0 Å². The second-order valence-corrected chi connectivity index (χ2v) is 10.5. The summed E-state index contributed by atoms with van der Waals surface area (Å²) in [6, 6.07) is 1.48. The molecule has 0 aliphatic carbocycles. The molecule has 0 aromatic heterocycles. The van der Waals surface area contributed by atoms with Crippen LogP contribution >= 0.6 is 0 Å². The smallest absolute Gasteiger partial charge is 0.0455 e. The van der Waals surface area contributed by atoms with Gasteiger partial charge in [-0.2, -0.15) is 0 Å². The Morgan fingerprint density at radius 2 is 1.64 bits per heavy atom. The third-order valence-corrected chi connectivity index (χ3v) is 4.10. The van der Waals surface area contributed by atoms with Crippen LogP contribution in [0.1, 0.15) is 12.8 Å². The number of rotatable bonds is 3. The maximum Gasteiger partial charge on any atom is 0.0455 e. The van der Waals surface area contributed by atoms with Crippen LogP contribution in [0.15, 0.2) is 0 Å². The fourth-order valence-corrected chi connectivity index (χ4v) is 2.49. The molecule has 1 aliphatic heterocycles. The lowest BCUT2D eigenvalue weighted by Gasteiger charge is -2.21. The van der Waals surface area contributed by atoms with E-state index >= 15 is 0 Å². The highest BCUT2D eigenvalue weighted by molar-refractivity contribution is 6.76. The molecule has 2 heteroatoms. The molecule has 11 heavy (non-hydrogen) atoms. The zero-order chi connectivity index (χ0) is 8.32. The summed E-state index contributed by atoms with van der Waals surface area (Å²) in [6.45, 7) is 11.5. The van der Waals surface area contributed by atoms with Crippen molar-refractivity contribution >= 4 is 8.07 Å². The molecule has 0 atom stereocenters. The highest BCUT2D eigenvalue weighted by Crippen LogP contribution is 2.13. The lowest BCUT2D eigenvalue weighted by Crippen LogP contribution is -2.29. The molecule has 0 spiro atoms. The van der Waals surface area contributed by atoms with E-state index in [1.54, 1.807) is 0 Å².